The fourth-order valence-corrected chi connectivity index (χ4v) is 6.53. The van der Waals surface area contributed by atoms with Crippen molar-refractivity contribution < 1.29 is 30.5 Å². The second-order valence-electron chi connectivity index (χ2n) is 12.2. The van der Waals surface area contributed by atoms with Crippen LogP contribution in [0.3, 0.4) is 0 Å². The van der Waals surface area contributed by atoms with Crippen LogP contribution in [0.1, 0.15) is 45.7 Å². The molecule has 0 saturated carbocycles. The molecule has 2 heterocycles. The van der Waals surface area contributed by atoms with Crippen LogP contribution in [-0.2, 0) is 10.1 Å². The predicted molar refractivity (Wildman–Crippen MR) is 185 cm³/mol. The number of halogens is 3. The summed E-state index contributed by atoms with van der Waals surface area (Å²) in [6.45, 7) is 13.9. The lowest BCUT2D eigenvalue weighted by molar-refractivity contribution is -0.0500. The van der Waals surface area contributed by atoms with E-state index in [4.69, 9.17) is 4.74 Å². The van der Waals surface area contributed by atoms with Crippen LogP contribution in [0.5, 0.6) is 11.5 Å². The quantitative estimate of drug-likeness (QED) is 0.107. The van der Waals surface area contributed by atoms with E-state index >= 15 is 0 Å². The van der Waals surface area contributed by atoms with Crippen LogP contribution in [0.4, 0.5) is 24.5 Å². The van der Waals surface area contributed by atoms with Gasteiger partial charge in [0.25, 0.3) is 0 Å². The van der Waals surface area contributed by atoms with Crippen LogP contribution in [-0.4, -0.2) is 43.6 Å². The highest BCUT2D eigenvalue weighted by molar-refractivity contribution is 7.99. The zero-order chi connectivity index (χ0) is 33.9. The predicted octanol–water partition coefficient (Wildman–Crippen LogP) is 9.39. The summed E-state index contributed by atoms with van der Waals surface area (Å²) in [7, 11) is -3.96. The Morgan fingerprint density at radius 1 is 0.848 bits per heavy atom. The average Bonchev–Trinajstić information content (AvgIpc) is 2.96. The molecule has 2 aliphatic heterocycles. The second kappa shape index (κ2) is 13.5. The Bertz CT molecular complexity index is 1760. The molecule has 246 valence electrons. The van der Waals surface area contributed by atoms with Crippen molar-refractivity contribution in [3.63, 3.8) is 0 Å². The van der Waals surface area contributed by atoms with E-state index in [1.165, 1.54) is 46.1 Å². The van der Waals surface area contributed by atoms with Gasteiger partial charge in [-0.3, -0.25) is 0 Å². The molecule has 2 N–H and O–H groups in total. The molecular formula is C35H39F3N2O4S2. The molecule has 3 aromatic rings. The van der Waals surface area contributed by atoms with Crippen molar-refractivity contribution in [2.75, 3.05) is 29.2 Å². The molecule has 0 aliphatic carbocycles. The number of methoxy groups -OCH3 is 1. The van der Waals surface area contributed by atoms with E-state index in [1.54, 1.807) is 14.0 Å². The van der Waals surface area contributed by atoms with Crippen molar-refractivity contribution in [2.45, 2.75) is 51.2 Å². The summed E-state index contributed by atoms with van der Waals surface area (Å²) in [5, 5.41) is 6.81. The van der Waals surface area contributed by atoms with Crippen LogP contribution in [0, 0.1) is 0 Å². The maximum absolute atomic E-state index is 12.3. The van der Waals surface area contributed by atoms with E-state index < -0.39 is 15.6 Å². The van der Waals surface area contributed by atoms with E-state index in [2.05, 4.69) is 71.7 Å². The van der Waals surface area contributed by atoms with Crippen molar-refractivity contribution in [2.24, 2.45) is 0 Å². The number of ether oxygens (including phenoxy) is 1. The zero-order valence-electron chi connectivity index (χ0n) is 26.7. The van der Waals surface area contributed by atoms with Gasteiger partial charge in [0.2, 0.25) is 0 Å². The van der Waals surface area contributed by atoms with Gasteiger partial charge in [0.1, 0.15) is 11.5 Å². The van der Waals surface area contributed by atoms with E-state index in [9.17, 15) is 21.6 Å². The molecule has 5 rings (SSSR count). The Kier molecular flexibility index (Phi) is 10.3. The molecule has 3 aromatic carbocycles. The Hall–Kier alpha value is -3.83. The van der Waals surface area contributed by atoms with Gasteiger partial charge in [0.05, 0.1) is 18.2 Å². The standard InChI is InChI=1S/C22H25NOS.C13H14F3NO3S/c1-5-12-25-15-18-14-22(2,3)23-21-11-8-17(13-20(18)21)16-6-9-19(24-4)10-7-16;1-8-7-12(2,3)17-11-5-4-9(6-10(8)11)20-21(18,19)13(14,15)16/h5-11,13-14,23H,1,12,15H2,2-4H3;4-7,17H,1-3H3. The number of rotatable bonds is 8. The lowest BCUT2D eigenvalue weighted by Crippen LogP contribution is -2.32. The SMILES string of the molecule is C=CCSCC1=CC(C)(C)Nc2ccc(-c3ccc(OC)cc3)cc21.CC1=CC(C)(C)Nc2ccc(OS(=O)(=O)C(F)(F)F)cc21. The van der Waals surface area contributed by atoms with Gasteiger partial charge < -0.3 is 19.6 Å². The van der Waals surface area contributed by atoms with Gasteiger partial charge in [-0.25, -0.2) is 0 Å². The minimum absolute atomic E-state index is 0.0291. The summed E-state index contributed by atoms with van der Waals surface area (Å²) >= 11 is 1.90. The third-order valence-electron chi connectivity index (χ3n) is 7.21. The summed E-state index contributed by atoms with van der Waals surface area (Å²) < 4.78 is 68.3. The molecule has 0 radical (unpaired) electrons. The number of allylic oxidation sites excluding steroid dienone is 1. The van der Waals surface area contributed by atoms with Gasteiger partial charge in [-0.1, -0.05) is 36.4 Å². The van der Waals surface area contributed by atoms with Crippen LogP contribution < -0.4 is 19.6 Å². The van der Waals surface area contributed by atoms with E-state index in [-0.39, 0.29) is 16.8 Å². The summed E-state index contributed by atoms with van der Waals surface area (Å²) in [6.07, 6.45) is 6.22. The molecule has 0 amide bonds. The fourth-order valence-electron chi connectivity index (χ4n) is 5.34. The summed E-state index contributed by atoms with van der Waals surface area (Å²) in [5.74, 6) is 2.47. The lowest BCUT2D eigenvalue weighted by atomic mass is 9.89. The van der Waals surface area contributed by atoms with E-state index in [1.807, 2.05) is 49.9 Å². The third-order valence-corrected chi connectivity index (χ3v) is 9.18. The topological polar surface area (TPSA) is 76.7 Å². The molecule has 46 heavy (non-hydrogen) atoms. The number of hydrogen-bond donors (Lipinski definition) is 2. The monoisotopic (exact) mass is 672 g/mol. The minimum atomic E-state index is -5.66. The number of alkyl halides is 3. The Morgan fingerprint density at radius 3 is 2.02 bits per heavy atom. The normalized spacial score (nSPS) is 16.1. The van der Waals surface area contributed by atoms with Gasteiger partial charge in [-0.15, -0.1) is 6.58 Å². The number of benzene rings is 3. The van der Waals surface area contributed by atoms with Gasteiger partial charge in [0.15, 0.2) is 0 Å². The van der Waals surface area contributed by atoms with Gasteiger partial charge in [-0.05, 0) is 99.4 Å². The summed E-state index contributed by atoms with van der Waals surface area (Å²) in [4.78, 5) is 0. The maximum Gasteiger partial charge on any atom is 0.534 e. The van der Waals surface area contributed by atoms with Crippen LogP contribution >= 0.6 is 11.8 Å². The molecule has 0 aromatic heterocycles. The molecule has 0 bridgehead atoms. The lowest BCUT2D eigenvalue weighted by Gasteiger charge is -2.32. The van der Waals surface area contributed by atoms with Crippen LogP contribution in [0.2, 0.25) is 0 Å². The Balaban J connectivity index is 0.000000212. The van der Waals surface area contributed by atoms with Crippen molar-refractivity contribution >= 4 is 44.4 Å². The number of fused-ring (bicyclic) bond motifs is 2. The van der Waals surface area contributed by atoms with Crippen molar-refractivity contribution in [1.82, 2.24) is 0 Å². The zero-order valence-corrected chi connectivity index (χ0v) is 28.3. The summed E-state index contributed by atoms with van der Waals surface area (Å²) in [5.41, 5.74) is 2.67. The van der Waals surface area contributed by atoms with Gasteiger partial charge in [0, 0.05) is 34.0 Å². The van der Waals surface area contributed by atoms with Gasteiger partial charge >= 0.3 is 15.6 Å². The first-order valence-electron chi connectivity index (χ1n) is 14.5. The fraction of sp³-hybridized carbons (Fsp3) is 0.314. The minimum Gasteiger partial charge on any atom is -0.497 e. The smallest absolute Gasteiger partial charge is 0.497 e. The number of anilines is 2. The first kappa shape index (κ1) is 35.0. The Labute approximate surface area is 273 Å². The van der Waals surface area contributed by atoms with Gasteiger partial charge in [-0.2, -0.15) is 33.4 Å². The molecular weight excluding hydrogens is 634 g/mol. The Morgan fingerprint density at radius 2 is 1.41 bits per heavy atom. The first-order chi connectivity index (χ1) is 21.4. The largest absolute Gasteiger partial charge is 0.534 e. The molecule has 0 atom stereocenters. The molecule has 0 unspecified atom stereocenters. The molecule has 0 saturated heterocycles. The number of hydrogen-bond acceptors (Lipinski definition) is 7. The van der Waals surface area contributed by atoms with Crippen LogP contribution in [0.25, 0.3) is 22.3 Å². The number of nitrogens with one attached hydrogen (secondary N) is 2. The van der Waals surface area contributed by atoms with Crippen molar-refractivity contribution in [1.29, 1.82) is 0 Å². The highest BCUT2D eigenvalue weighted by Gasteiger charge is 2.48. The van der Waals surface area contributed by atoms with Crippen LogP contribution in [0.15, 0.2) is 85.5 Å². The molecule has 2 aliphatic rings. The molecule has 0 fully saturated rings. The molecule has 11 heteroatoms. The van der Waals surface area contributed by atoms with Crippen molar-refractivity contribution in [3.8, 4) is 22.6 Å². The number of thioether (sulfide) groups is 1. The highest BCUT2D eigenvalue weighted by atomic mass is 32.2. The highest BCUT2D eigenvalue weighted by Crippen LogP contribution is 2.39. The average molecular weight is 673 g/mol. The second-order valence-corrected chi connectivity index (χ2v) is 14.7. The van der Waals surface area contributed by atoms with E-state index in [0.717, 1.165) is 22.8 Å². The first-order valence-corrected chi connectivity index (χ1v) is 17.1. The molecule has 0 spiro atoms. The van der Waals surface area contributed by atoms with E-state index in [0.29, 0.717) is 11.3 Å². The molecule has 6 nitrogen and oxygen atoms in total. The summed E-state index contributed by atoms with van der Waals surface area (Å²) in [6, 6.07) is 18.9. The van der Waals surface area contributed by atoms with Crippen molar-refractivity contribution in [3.05, 3.63) is 96.6 Å². The third kappa shape index (κ3) is 8.50. The maximum atomic E-state index is 12.3.